The van der Waals surface area contributed by atoms with E-state index in [4.69, 9.17) is 30.8 Å². The molecule has 0 amide bonds. The summed E-state index contributed by atoms with van der Waals surface area (Å²) in [6, 6.07) is 20.1. The minimum absolute atomic E-state index is 0.270. The number of hydrogen-bond donors (Lipinski definition) is 0. The predicted molar refractivity (Wildman–Crippen MR) is 168 cm³/mol. The van der Waals surface area contributed by atoms with Crippen molar-refractivity contribution >= 4 is 50.9 Å². The summed E-state index contributed by atoms with van der Waals surface area (Å²) < 4.78 is 20.1. The molecule has 0 radical (unpaired) electrons. The number of nitrogens with zero attached hydrogens (tertiary/aromatic N) is 2. The van der Waals surface area contributed by atoms with Crippen molar-refractivity contribution in [1.82, 2.24) is 4.57 Å². The summed E-state index contributed by atoms with van der Waals surface area (Å²) >= 11 is 11.4. The number of allylic oxidation sites excluding steroid dienone is 1. The maximum Gasteiger partial charge on any atom is 0.338 e. The van der Waals surface area contributed by atoms with Crippen LogP contribution in [0, 0.1) is 0 Å². The van der Waals surface area contributed by atoms with Gasteiger partial charge in [-0.1, -0.05) is 88.3 Å². The Kier molecular flexibility index (Phi) is 9.30. The number of esters is 1. The maximum atomic E-state index is 13.9. The number of thiazole rings is 1. The van der Waals surface area contributed by atoms with Crippen LogP contribution in [0.1, 0.15) is 43.0 Å². The van der Waals surface area contributed by atoms with E-state index in [0.29, 0.717) is 62.3 Å². The fourth-order valence-electron chi connectivity index (χ4n) is 4.78. The van der Waals surface area contributed by atoms with Crippen molar-refractivity contribution in [3.63, 3.8) is 0 Å². The monoisotopic (exact) mass is 666 g/mol. The van der Waals surface area contributed by atoms with Gasteiger partial charge in [0.25, 0.3) is 5.56 Å². The molecule has 10 heteroatoms. The summed E-state index contributed by atoms with van der Waals surface area (Å²) in [4.78, 5) is 32.1. The molecular weight excluding hydrogens is 640 g/mol. The summed E-state index contributed by atoms with van der Waals surface area (Å²) in [7, 11) is 1.34. The molecule has 2 heterocycles. The van der Waals surface area contributed by atoms with Crippen LogP contribution in [0.4, 0.5) is 0 Å². The summed E-state index contributed by atoms with van der Waals surface area (Å²) in [6.45, 7) is 4.53. The first-order valence-electron chi connectivity index (χ1n) is 13.4. The number of carbonyl (C=O) groups excluding carboxylic acids is 1. The molecular formula is C32H28BrClN2O5S. The third kappa shape index (κ3) is 6.09. The number of carbonyl (C=O) groups is 1. The Bertz CT molecular complexity index is 1830. The van der Waals surface area contributed by atoms with E-state index in [1.807, 2.05) is 68.4 Å². The van der Waals surface area contributed by atoms with E-state index >= 15 is 0 Å². The van der Waals surface area contributed by atoms with E-state index in [1.165, 1.54) is 18.4 Å². The molecule has 0 aliphatic carbocycles. The van der Waals surface area contributed by atoms with Crippen LogP contribution in [0.15, 0.2) is 92.3 Å². The van der Waals surface area contributed by atoms with Gasteiger partial charge in [-0.05, 0) is 60.4 Å². The number of methoxy groups -OCH3 is 1. The van der Waals surface area contributed by atoms with Crippen molar-refractivity contribution < 1.29 is 19.0 Å². The molecule has 0 N–H and O–H groups in total. The number of ether oxygens (including phenoxy) is 3. The average Bonchev–Trinajstić information content (AvgIpc) is 3.30. The summed E-state index contributed by atoms with van der Waals surface area (Å²) in [5.41, 5.74) is 3.13. The molecule has 3 aromatic carbocycles. The van der Waals surface area contributed by atoms with Gasteiger partial charge in [0.15, 0.2) is 16.3 Å². The highest BCUT2D eigenvalue weighted by molar-refractivity contribution is 9.10. The van der Waals surface area contributed by atoms with Crippen molar-refractivity contribution in [3.8, 4) is 11.5 Å². The lowest BCUT2D eigenvalue weighted by Crippen LogP contribution is -2.40. The molecule has 0 spiro atoms. The molecule has 1 aliphatic heterocycles. The van der Waals surface area contributed by atoms with E-state index in [2.05, 4.69) is 15.9 Å². The van der Waals surface area contributed by atoms with Crippen LogP contribution in [0.2, 0.25) is 5.02 Å². The fourth-order valence-corrected chi connectivity index (χ4v) is 6.33. The quantitative estimate of drug-likeness (QED) is 0.199. The highest BCUT2D eigenvalue weighted by atomic mass is 79.9. The van der Waals surface area contributed by atoms with Crippen LogP contribution in [0.5, 0.6) is 11.5 Å². The van der Waals surface area contributed by atoms with Gasteiger partial charge < -0.3 is 14.2 Å². The van der Waals surface area contributed by atoms with Gasteiger partial charge in [-0.25, -0.2) is 9.79 Å². The molecule has 1 aromatic heterocycles. The maximum absolute atomic E-state index is 13.9. The molecule has 216 valence electrons. The zero-order valence-electron chi connectivity index (χ0n) is 23.2. The number of fused-ring (bicyclic) bond motifs is 1. The van der Waals surface area contributed by atoms with Gasteiger partial charge in [0.1, 0.15) is 6.61 Å². The van der Waals surface area contributed by atoms with E-state index in [0.717, 1.165) is 15.6 Å². The molecule has 7 nitrogen and oxygen atoms in total. The number of rotatable bonds is 9. The minimum atomic E-state index is -0.663. The first-order valence-corrected chi connectivity index (χ1v) is 15.3. The normalized spacial score (nSPS) is 14.8. The third-order valence-electron chi connectivity index (χ3n) is 6.69. The molecule has 1 atom stereocenters. The van der Waals surface area contributed by atoms with Crippen LogP contribution in [0.3, 0.4) is 0 Å². The lowest BCUT2D eigenvalue weighted by molar-refractivity contribution is -0.136. The van der Waals surface area contributed by atoms with Crippen LogP contribution < -0.4 is 24.4 Å². The Balaban J connectivity index is 1.59. The van der Waals surface area contributed by atoms with Gasteiger partial charge in [0.2, 0.25) is 0 Å². The molecule has 0 fully saturated rings. The molecule has 0 saturated heterocycles. The summed E-state index contributed by atoms with van der Waals surface area (Å²) in [5.74, 6) is 0.398. The second-order valence-corrected chi connectivity index (χ2v) is 11.7. The number of hydrogen-bond acceptors (Lipinski definition) is 7. The van der Waals surface area contributed by atoms with Crippen LogP contribution in [-0.4, -0.2) is 24.3 Å². The smallest absolute Gasteiger partial charge is 0.338 e. The first kappa shape index (κ1) is 29.8. The van der Waals surface area contributed by atoms with Crippen molar-refractivity contribution in [2.45, 2.75) is 32.9 Å². The SMILES string of the molecule is CCOc1cc(/C=c2\sc3n(c2=O)[C@@H](c2ccccc2)C(C(=O)OC)=C(CC)N=3)cc(Cl)c1OCc1ccc(Br)cc1. The molecule has 5 rings (SSSR count). The van der Waals surface area contributed by atoms with Crippen molar-refractivity contribution in [1.29, 1.82) is 0 Å². The molecule has 1 aliphatic rings. The minimum Gasteiger partial charge on any atom is -0.490 e. The van der Waals surface area contributed by atoms with E-state index in [-0.39, 0.29) is 5.56 Å². The highest BCUT2D eigenvalue weighted by Crippen LogP contribution is 2.38. The Labute approximate surface area is 260 Å². The lowest BCUT2D eigenvalue weighted by Gasteiger charge is -2.25. The zero-order chi connectivity index (χ0) is 29.8. The van der Waals surface area contributed by atoms with Crippen LogP contribution >= 0.6 is 38.9 Å². The molecule has 0 unspecified atom stereocenters. The van der Waals surface area contributed by atoms with Gasteiger partial charge in [0, 0.05) is 4.47 Å². The Morgan fingerprint density at radius 1 is 1.10 bits per heavy atom. The fraction of sp³-hybridized carbons (Fsp3) is 0.219. The molecule has 4 aromatic rings. The van der Waals surface area contributed by atoms with E-state index < -0.39 is 12.0 Å². The van der Waals surface area contributed by atoms with Crippen molar-refractivity contribution in [3.05, 3.63) is 124 Å². The van der Waals surface area contributed by atoms with E-state index in [9.17, 15) is 9.59 Å². The largest absolute Gasteiger partial charge is 0.490 e. The van der Waals surface area contributed by atoms with Crippen molar-refractivity contribution in [2.24, 2.45) is 4.99 Å². The highest BCUT2D eigenvalue weighted by Gasteiger charge is 2.33. The second kappa shape index (κ2) is 13.1. The van der Waals surface area contributed by atoms with Gasteiger partial charge >= 0.3 is 5.97 Å². The number of benzene rings is 3. The van der Waals surface area contributed by atoms with Crippen LogP contribution in [-0.2, 0) is 16.1 Å². The Hall–Kier alpha value is -3.66. The molecule has 42 heavy (non-hydrogen) atoms. The summed E-state index contributed by atoms with van der Waals surface area (Å²) in [6.07, 6.45) is 2.26. The average molecular weight is 668 g/mol. The Morgan fingerprint density at radius 2 is 1.83 bits per heavy atom. The lowest BCUT2D eigenvalue weighted by atomic mass is 9.95. The van der Waals surface area contributed by atoms with Crippen molar-refractivity contribution in [2.75, 3.05) is 13.7 Å². The van der Waals surface area contributed by atoms with Crippen LogP contribution in [0.25, 0.3) is 6.08 Å². The standard InChI is InChI=1S/C32H28BrClN2O5S/c1-4-24-27(31(38)39-3)28(21-9-7-6-8-10-21)36-30(37)26(42-32(36)35-24)17-20-15-23(34)29(25(16-20)40-5-2)41-18-19-11-13-22(33)14-12-19/h6-17,28H,4-5,18H2,1-3H3/b26-17-/t28-/m0/s1. The second-order valence-electron chi connectivity index (χ2n) is 9.38. The van der Waals surface area contributed by atoms with Gasteiger partial charge in [-0.3, -0.25) is 9.36 Å². The van der Waals surface area contributed by atoms with Gasteiger partial charge in [-0.15, -0.1) is 0 Å². The van der Waals surface area contributed by atoms with Gasteiger partial charge in [0.05, 0.1) is 40.6 Å². The Morgan fingerprint density at radius 3 is 2.50 bits per heavy atom. The number of halogens is 2. The van der Waals surface area contributed by atoms with E-state index in [1.54, 1.807) is 22.8 Å². The number of aromatic nitrogens is 1. The molecule has 0 bridgehead atoms. The third-order valence-corrected chi connectivity index (χ3v) is 8.48. The summed E-state index contributed by atoms with van der Waals surface area (Å²) in [5, 5.41) is 0.362. The first-order chi connectivity index (χ1) is 20.3. The predicted octanol–water partition coefficient (Wildman–Crippen LogP) is 6.19. The van der Waals surface area contributed by atoms with Gasteiger partial charge in [-0.2, -0.15) is 0 Å². The zero-order valence-corrected chi connectivity index (χ0v) is 26.4. The molecule has 0 saturated carbocycles. The topological polar surface area (TPSA) is 79.1 Å².